The van der Waals surface area contributed by atoms with E-state index in [1.54, 1.807) is 17.1 Å². The normalized spacial score (nSPS) is 19.4. The van der Waals surface area contributed by atoms with Gasteiger partial charge in [0.1, 0.15) is 5.69 Å². The van der Waals surface area contributed by atoms with Crippen molar-refractivity contribution in [1.82, 2.24) is 14.8 Å². The maximum absolute atomic E-state index is 12.5. The van der Waals surface area contributed by atoms with Crippen molar-refractivity contribution in [3.05, 3.63) is 42.0 Å². The molecule has 0 radical (unpaired) electrons. The third-order valence-corrected chi connectivity index (χ3v) is 4.64. The number of halogens is 3. The summed E-state index contributed by atoms with van der Waals surface area (Å²) in [6, 6.07) is 2.36. The lowest BCUT2D eigenvalue weighted by Gasteiger charge is -2.32. The van der Waals surface area contributed by atoms with Gasteiger partial charge in [-0.15, -0.1) is 0 Å². The van der Waals surface area contributed by atoms with Crippen LogP contribution < -0.4 is 5.46 Å². The van der Waals surface area contributed by atoms with E-state index in [-0.39, 0.29) is 0 Å². The zero-order chi connectivity index (χ0) is 18.5. The lowest BCUT2D eigenvalue weighted by atomic mass is 9.82. The maximum atomic E-state index is 12.5. The topological polar surface area (TPSA) is 49.2 Å². The second kappa shape index (κ2) is 5.84. The first-order valence-electron chi connectivity index (χ1n) is 7.88. The lowest BCUT2D eigenvalue weighted by Crippen LogP contribution is -2.41. The molecule has 1 aliphatic heterocycles. The van der Waals surface area contributed by atoms with Crippen molar-refractivity contribution in [1.29, 1.82) is 0 Å². The van der Waals surface area contributed by atoms with Gasteiger partial charge in [0.25, 0.3) is 0 Å². The molecule has 1 fully saturated rings. The van der Waals surface area contributed by atoms with Gasteiger partial charge in [-0.1, -0.05) is 6.07 Å². The van der Waals surface area contributed by atoms with Gasteiger partial charge in [-0.3, -0.25) is 9.67 Å². The summed E-state index contributed by atoms with van der Waals surface area (Å²) in [7, 11) is -0.524. The van der Waals surface area contributed by atoms with Gasteiger partial charge < -0.3 is 9.31 Å². The van der Waals surface area contributed by atoms with E-state index in [1.165, 1.54) is 12.3 Å². The van der Waals surface area contributed by atoms with Gasteiger partial charge in [-0.05, 0) is 39.3 Å². The van der Waals surface area contributed by atoms with E-state index in [4.69, 9.17) is 9.31 Å². The largest absolute Gasteiger partial charge is 0.498 e. The molecule has 0 bridgehead atoms. The number of hydrogen-bond donors (Lipinski definition) is 0. The Morgan fingerprint density at radius 1 is 1.08 bits per heavy atom. The average molecular weight is 353 g/mol. The van der Waals surface area contributed by atoms with Gasteiger partial charge in [0.15, 0.2) is 0 Å². The lowest BCUT2D eigenvalue weighted by molar-refractivity contribution is -0.141. The van der Waals surface area contributed by atoms with Crippen LogP contribution in [0.3, 0.4) is 0 Å². The molecule has 3 heterocycles. The first-order valence-corrected chi connectivity index (χ1v) is 7.88. The zero-order valence-corrected chi connectivity index (χ0v) is 14.5. The van der Waals surface area contributed by atoms with Crippen LogP contribution in [0.1, 0.15) is 39.0 Å². The molecule has 0 unspecified atom stereocenters. The van der Waals surface area contributed by atoms with Crippen molar-refractivity contribution in [2.75, 3.05) is 0 Å². The highest BCUT2D eigenvalue weighted by atomic mass is 19.4. The quantitative estimate of drug-likeness (QED) is 0.796. The minimum absolute atomic E-state index is 0.310. The van der Waals surface area contributed by atoms with E-state index in [0.717, 1.165) is 11.5 Å². The molecular weight excluding hydrogens is 334 g/mol. The molecule has 0 spiro atoms. The van der Waals surface area contributed by atoms with Crippen LogP contribution >= 0.6 is 0 Å². The third-order valence-electron chi connectivity index (χ3n) is 4.64. The van der Waals surface area contributed by atoms with Crippen molar-refractivity contribution in [2.45, 2.75) is 51.6 Å². The maximum Gasteiger partial charge on any atom is 0.498 e. The van der Waals surface area contributed by atoms with E-state index in [1.807, 2.05) is 27.7 Å². The number of hydrogen-bond acceptors (Lipinski definition) is 4. The molecule has 9 heteroatoms. The summed E-state index contributed by atoms with van der Waals surface area (Å²) >= 11 is 0. The standard InChI is InChI=1S/C16H19BF3N3O2/c1-14(2)15(3,4)25-17(24-14)12-8-22-23(10-12)9-11-5-6-13(21-7-11)16(18,19)20/h5-8,10H,9H2,1-4H3. The third kappa shape index (κ3) is 3.57. The summed E-state index contributed by atoms with van der Waals surface area (Å²) in [6.45, 7) is 8.16. The summed E-state index contributed by atoms with van der Waals surface area (Å²) in [5.41, 5.74) is -0.418. The Morgan fingerprint density at radius 2 is 1.72 bits per heavy atom. The van der Waals surface area contributed by atoms with Crippen LogP contribution in [0, 0.1) is 0 Å². The predicted octanol–water partition coefficient (Wildman–Crippen LogP) is 2.64. The van der Waals surface area contributed by atoms with E-state index >= 15 is 0 Å². The van der Waals surface area contributed by atoms with E-state index in [9.17, 15) is 13.2 Å². The van der Waals surface area contributed by atoms with Crippen molar-refractivity contribution in [2.24, 2.45) is 0 Å². The summed E-state index contributed by atoms with van der Waals surface area (Å²) in [4.78, 5) is 3.45. The molecular formula is C16H19BF3N3O2. The Balaban J connectivity index is 1.71. The average Bonchev–Trinajstić information content (AvgIpc) is 3.01. The monoisotopic (exact) mass is 353 g/mol. The number of rotatable bonds is 3. The summed E-state index contributed by atoms with van der Waals surface area (Å²) in [6.07, 6.45) is 0.173. The Morgan fingerprint density at radius 3 is 2.24 bits per heavy atom. The fourth-order valence-electron chi connectivity index (χ4n) is 2.44. The van der Waals surface area contributed by atoms with E-state index in [0.29, 0.717) is 12.1 Å². The smallest absolute Gasteiger partial charge is 0.399 e. The predicted molar refractivity (Wildman–Crippen MR) is 86.3 cm³/mol. The van der Waals surface area contributed by atoms with Crippen LogP contribution in [0.5, 0.6) is 0 Å². The van der Waals surface area contributed by atoms with Gasteiger partial charge in [0, 0.05) is 24.1 Å². The van der Waals surface area contributed by atoms with Crippen LogP contribution in [-0.2, 0) is 22.0 Å². The number of aromatic nitrogens is 3. The SMILES string of the molecule is CC1(C)OB(c2cnn(Cc3ccc(C(F)(F)F)nc3)c2)OC1(C)C. The van der Waals surface area contributed by atoms with Crippen molar-refractivity contribution in [3.8, 4) is 0 Å². The molecule has 1 aliphatic rings. The Hall–Kier alpha value is -1.87. The molecule has 5 nitrogen and oxygen atoms in total. The Labute approximate surface area is 144 Å². The summed E-state index contributed by atoms with van der Waals surface area (Å²) < 4.78 is 51.1. The first kappa shape index (κ1) is 17.9. The first-order chi connectivity index (χ1) is 11.5. The molecule has 0 aliphatic carbocycles. The second-order valence-corrected chi connectivity index (χ2v) is 7.11. The van der Waals surface area contributed by atoms with Gasteiger partial charge in [-0.2, -0.15) is 18.3 Å². The van der Waals surface area contributed by atoms with E-state index in [2.05, 4.69) is 10.1 Å². The van der Waals surface area contributed by atoms with Gasteiger partial charge in [0.2, 0.25) is 0 Å². The molecule has 0 N–H and O–H groups in total. The van der Waals surface area contributed by atoms with Crippen LogP contribution in [0.25, 0.3) is 0 Å². The zero-order valence-electron chi connectivity index (χ0n) is 14.5. The summed E-state index contributed by atoms with van der Waals surface area (Å²) in [5.74, 6) is 0. The molecule has 25 heavy (non-hydrogen) atoms. The second-order valence-electron chi connectivity index (χ2n) is 7.11. The molecule has 0 amide bonds. The fraction of sp³-hybridized carbons (Fsp3) is 0.500. The number of nitrogens with zero attached hydrogens (tertiary/aromatic N) is 3. The van der Waals surface area contributed by atoms with Gasteiger partial charge in [0.05, 0.1) is 17.7 Å². The minimum Gasteiger partial charge on any atom is -0.399 e. The highest BCUT2D eigenvalue weighted by Gasteiger charge is 2.52. The minimum atomic E-state index is -4.44. The van der Waals surface area contributed by atoms with Crippen molar-refractivity contribution < 1.29 is 22.5 Å². The molecule has 0 atom stereocenters. The highest BCUT2D eigenvalue weighted by Crippen LogP contribution is 2.36. The van der Waals surface area contributed by atoms with Gasteiger partial charge >= 0.3 is 13.3 Å². The fourth-order valence-corrected chi connectivity index (χ4v) is 2.44. The van der Waals surface area contributed by atoms with Crippen molar-refractivity contribution >= 4 is 12.6 Å². The van der Waals surface area contributed by atoms with Crippen molar-refractivity contribution in [3.63, 3.8) is 0 Å². The molecule has 0 saturated carbocycles. The molecule has 1 saturated heterocycles. The Kier molecular flexibility index (Phi) is 4.19. The number of pyridine rings is 1. The van der Waals surface area contributed by atoms with Crippen LogP contribution in [0.15, 0.2) is 30.7 Å². The molecule has 134 valence electrons. The Bertz CT molecular complexity index is 741. The van der Waals surface area contributed by atoms with Gasteiger partial charge in [-0.25, -0.2) is 0 Å². The number of alkyl halides is 3. The molecule has 3 rings (SSSR count). The van der Waals surface area contributed by atoms with Crippen LogP contribution in [0.4, 0.5) is 13.2 Å². The molecule has 2 aromatic heterocycles. The van der Waals surface area contributed by atoms with Crippen LogP contribution in [0.2, 0.25) is 0 Å². The summed E-state index contributed by atoms with van der Waals surface area (Å²) in [5, 5.41) is 4.23. The molecule has 2 aromatic rings. The molecule has 0 aromatic carbocycles. The highest BCUT2D eigenvalue weighted by molar-refractivity contribution is 6.61. The van der Waals surface area contributed by atoms with E-state index < -0.39 is 30.2 Å². The van der Waals surface area contributed by atoms with Crippen LogP contribution in [-0.4, -0.2) is 33.1 Å².